The molecule has 2 aromatic rings. The number of hydrogen-bond donors (Lipinski definition) is 1. The van der Waals surface area contributed by atoms with Gasteiger partial charge in [0.1, 0.15) is 5.82 Å². The van der Waals surface area contributed by atoms with Gasteiger partial charge in [-0.2, -0.15) is 0 Å². The van der Waals surface area contributed by atoms with E-state index in [-0.39, 0.29) is 0 Å². The maximum Gasteiger partial charge on any atom is 0.132 e. The van der Waals surface area contributed by atoms with E-state index in [0.29, 0.717) is 6.04 Å². The molecule has 1 atom stereocenters. The second-order valence-corrected chi connectivity index (χ2v) is 5.28. The summed E-state index contributed by atoms with van der Waals surface area (Å²) in [5.41, 5.74) is 2.37. The highest BCUT2D eigenvalue weighted by atomic mass is 15.3. The van der Waals surface area contributed by atoms with Crippen molar-refractivity contribution in [2.24, 2.45) is 0 Å². The van der Waals surface area contributed by atoms with Crippen molar-refractivity contribution < 1.29 is 0 Å². The third-order valence-corrected chi connectivity index (χ3v) is 3.98. The minimum Gasteiger partial charge on any atom is -0.351 e. The van der Waals surface area contributed by atoms with Gasteiger partial charge in [0, 0.05) is 31.1 Å². The summed E-state index contributed by atoms with van der Waals surface area (Å²) in [6.07, 6.45) is 1.15. The van der Waals surface area contributed by atoms with Crippen LogP contribution in [-0.2, 0) is 0 Å². The molecule has 1 aliphatic heterocycles. The van der Waals surface area contributed by atoms with Gasteiger partial charge in [0.25, 0.3) is 0 Å². The Morgan fingerprint density at radius 2 is 2.21 bits per heavy atom. The van der Waals surface area contributed by atoms with Crippen LogP contribution in [0.2, 0.25) is 0 Å². The summed E-state index contributed by atoms with van der Waals surface area (Å²) in [7, 11) is 0. The Labute approximate surface area is 114 Å². The van der Waals surface area contributed by atoms with Crippen LogP contribution in [0.1, 0.15) is 18.9 Å². The van der Waals surface area contributed by atoms with E-state index >= 15 is 0 Å². The lowest BCUT2D eigenvalue weighted by Gasteiger charge is -2.37. The quantitative estimate of drug-likeness (QED) is 0.894. The van der Waals surface area contributed by atoms with Crippen molar-refractivity contribution in [2.45, 2.75) is 26.3 Å². The average Bonchev–Trinajstić information content (AvgIpc) is 2.46. The van der Waals surface area contributed by atoms with Crippen LogP contribution < -0.4 is 10.2 Å². The number of aryl methyl sites for hydroxylation is 1. The Bertz CT molecular complexity index is 579. The third kappa shape index (κ3) is 2.30. The first-order valence-electron chi connectivity index (χ1n) is 7.13. The van der Waals surface area contributed by atoms with E-state index in [4.69, 9.17) is 4.98 Å². The van der Waals surface area contributed by atoms with Crippen LogP contribution in [0.5, 0.6) is 0 Å². The molecule has 0 radical (unpaired) electrons. The number of fused-ring (bicyclic) bond motifs is 1. The first-order valence-corrected chi connectivity index (χ1v) is 7.13. The molecular weight excluding hydrogens is 234 g/mol. The fourth-order valence-corrected chi connectivity index (χ4v) is 2.91. The monoisotopic (exact) mass is 255 g/mol. The van der Waals surface area contributed by atoms with Gasteiger partial charge in [-0.25, -0.2) is 4.98 Å². The predicted molar refractivity (Wildman–Crippen MR) is 80.8 cm³/mol. The molecule has 3 nitrogen and oxygen atoms in total. The van der Waals surface area contributed by atoms with Crippen LogP contribution in [0.4, 0.5) is 5.82 Å². The topological polar surface area (TPSA) is 28.2 Å². The van der Waals surface area contributed by atoms with E-state index in [0.717, 1.165) is 37.4 Å². The molecule has 19 heavy (non-hydrogen) atoms. The Balaban J connectivity index is 2.05. The zero-order chi connectivity index (χ0) is 13.2. The average molecular weight is 255 g/mol. The molecule has 0 saturated carbocycles. The number of piperazine rings is 1. The summed E-state index contributed by atoms with van der Waals surface area (Å²) in [5, 5.41) is 4.70. The Morgan fingerprint density at radius 1 is 1.37 bits per heavy atom. The Morgan fingerprint density at radius 3 is 3.05 bits per heavy atom. The Hall–Kier alpha value is -1.61. The third-order valence-electron chi connectivity index (χ3n) is 3.98. The molecule has 2 heterocycles. The molecule has 1 fully saturated rings. The summed E-state index contributed by atoms with van der Waals surface area (Å²) in [6.45, 7) is 7.57. The molecule has 1 N–H and O–H groups in total. The first-order chi connectivity index (χ1) is 9.29. The highest BCUT2D eigenvalue weighted by Crippen LogP contribution is 2.25. The summed E-state index contributed by atoms with van der Waals surface area (Å²) >= 11 is 0. The zero-order valence-corrected chi connectivity index (χ0v) is 11.7. The summed E-state index contributed by atoms with van der Waals surface area (Å²) in [6, 6.07) is 11.2. The van der Waals surface area contributed by atoms with Gasteiger partial charge in [-0.3, -0.25) is 0 Å². The lowest BCUT2D eigenvalue weighted by atomic mass is 10.1. The van der Waals surface area contributed by atoms with E-state index in [1.165, 1.54) is 10.9 Å². The van der Waals surface area contributed by atoms with E-state index < -0.39 is 0 Å². The van der Waals surface area contributed by atoms with Gasteiger partial charge >= 0.3 is 0 Å². The molecule has 1 aromatic carbocycles. The smallest absolute Gasteiger partial charge is 0.132 e. The van der Waals surface area contributed by atoms with E-state index in [1.807, 2.05) is 0 Å². The van der Waals surface area contributed by atoms with Crippen molar-refractivity contribution in [3.63, 3.8) is 0 Å². The highest BCUT2D eigenvalue weighted by molar-refractivity contribution is 5.81. The summed E-state index contributed by atoms with van der Waals surface area (Å²) in [5.74, 6) is 1.16. The molecule has 1 saturated heterocycles. The fourth-order valence-electron chi connectivity index (χ4n) is 2.91. The van der Waals surface area contributed by atoms with Gasteiger partial charge in [0.2, 0.25) is 0 Å². The molecule has 0 aliphatic carbocycles. The van der Waals surface area contributed by atoms with E-state index in [2.05, 4.69) is 54.4 Å². The van der Waals surface area contributed by atoms with Crippen LogP contribution >= 0.6 is 0 Å². The molecule has 1 aromatic heterocycles. The number of para-hydroxylation sites is 1. The van der Waals surface area contributed by atoms with Crippen molar-refractivity contribution in [1.29, 1.82) is 0 Å². The molecule has 1 unspecified atom stereocenters. The zero-order valence-electron chi connectivity index (χ0n) is 11.7. The lowest BCUT2D eigenvalue weighted by Crippen LogP contribution is -2.51. The molecule has 3 heteroatoms. The summed E-state index contributed by atoms with van der Waals surface area (Å²) < 4.78 is 0. The molecule has 0 amide bonds. The fraction of sp³-hybridized carbons (Fsp3) is 0.438. The normalized spacial score (nSPS) is 19.9. The van der Waals surface area contributed by atoms with Gasteiger partial charge in [-0.15, -0.1) is 0 Å². The molecule has 3 rings (SSSR count). The van der Waals surface area contributed by atoms with Gasteiger partial charge in [-0.1, -0.05) is 25.1 Å². The maximum absolute atomic E-state index is 4.89. The maximum atomic E-state index is 4.89. The molecular formula is C16H21N3. The van der Waals surface area contributed by atoms with Crippen molar-refractivity contribution in [3.8, 4) is 0 Å². The standard InChI is InChI=1S/C16H21N3/c1-3-14-11-17-8-9-19(14)16-12(2)10-13-6-4-5-7-15(13)18-16/h4-7,10,14,17H,3,8-9,11H2,1-2H3. The summed E-state index contributed by atoms with van der Waals surface area (Å²) in [4.78, 5) is 7.37. The number of anilines is 1. The van der Waals surface area contributed by atoms with Gasteiger partial charge < -0.3 is 10.2 Å². The van der Waals surface area contributed by atoms with Gasteiger partial charge in [0.15, 0.2) is 0 Å². The number of hydrogen-bond acceptors (Lipinski definition) is 3. The highest BCUT2D eigenvalue weighted by Gasteiger charge is 2.23. The molecule has 0 spiro atoms. The van der Waals surface area contributed by atoms with Crippen molar-refractivity contribution >= 4 is 16.7 Å². The second kappa shape index (κ2) is 5.17. The van der Waals surface area contributed by atoms with E-state index in [1.54, 1.807) is 0 Å². The number of nitrogens with one attached hydrogen (secondary N) is 1. The first kappa shape index (κ1) is 12.4. The van der Waals surface area contributed by atoms with E-state index in [9.17, 15) is 0 Å². The van der Waals surface area contributed by atoms with Crippen LogP contribution in [0.3, 0.4) is 0 Å². The number of rotatable bonds is 2. The van der Waals surface area contributed by atoms with Crippen molar-refractivity contribution in [3.05, 3.63) is 35.9 Å². The number of benzene rings is 1. The lowest BCUT2D eigenvalue weighted by molar-refractivity contribution is 0.463. The van der Waals surface area contributed by atoms with Crippen LogP contribution in [-0.4, -0.2) is 30.7 Å². The van der Waals surface area contributed by atoms with Crippen LogP contribution in [0, 0.1) is 6.92 Å². The minimum atomic E-state index is 0.557. The van der Waals surface area contributed by atoms with Crippen LogP contribution in [0.25, 0.3) is 10.9 Å². The van der Waals surface area contributed by atoms with Gasteiger partial charge in [0.05, 0.1) is 5.52 Å². The number of nitrogens with zero attached hydrogens (tertiary/aromatic N) is 2. The SMILES string of the molecule is CCC1CNCCN1c1nc2ccccc2cc1C. The second-order valence-electron chi connectivity index (χ2n) is 5.28. The molecule has 1 aliphatic rings. The minimum absolute atomic E-state index is 0.557. The molecule has 100 valence electrons. The molecule has 0 bridgehead atoms. The van der Waals surface area contributed by atoms with Crippen molar-refractivity contribution in [2.75, 3.05) is 24.5 Å². The van der Waals surface area contributed by atoms with Crippen molar-refractivity contribution in [1.82, 2.24) is 10.3 Å². The number of aromatic nitrogens is 1. The predicted octanol–water partition coefficient (Wildman–Crippen LogP) is 2.73. The number of pyridine rings is 1. The van der Waals surface area contributed by atoms with Gasteiger partial charge in [-0.05, 0) is 31.0 Å². The Kier molecular flexibility index (Phi) is 3.38. The largest absolute Gasteiger partial charge is 0.351 e. The van der Waals surface area contributed by atoms with Crippen LogP contribution in [0.15, 0.2) is 30.3 Å².